The molecule has 7 heteroatoms. The third-order valence-corrected chi connectivity index (χ3v) is 3.19. The highest BCUT2D eigenvalue weighted by Gasteiger charge is 2.23. The van der Waals surface area contributed by atoms with E-state index in [1.165, 1.54) is 0 Å². The van der Waals surface area contributed by atoms with Gasteiger partial charge in [-0.05, 0) is 5.92 Å². The van der Waals surface area contributed by atoms with Gasteiger partial charge in [0.25, 0.3) is 5.91 Å². The molecule has 1 aliphatic rings. The molecular weight excluding hydrogens is 234 g/mol. The fourth-order valence-electron chi connectivity index (χ4n) is 1.69. The van der Waals surface area contributed by atoms with Crippen molar-refractivity contribution in [3.63, 3.8) is 0 Å². The number of nitrogens with one attached hydrogen (secondary N) is 2. The predicted molar refractivity (Wildman–Crippen MR) is 65.1 cm³/mol. The Balaban J connectivity index is 1.97. The Morgan fingerprint density at radius 1 is 1.67 bits per heavy atom. The maximum absolute atomic E-state index is 11.9. The zero-order valence-corrected chi connectivity index (χ0v) is 10.6. The van der Waals surface area contributed by atoms with Gasteiger partial charge in [0.2, 0.25) is 0 Å². The van der Waals surface area contributed by atoms with Crippen LogP contribution < -0.4 is 10.6 Å². The lowest BCUT2D eigenvalue weighted by Crippen LogP contribution is -2.43. The number of aliphatic hydroxyl groups excluding tert-OH is 1. The molecule has 0 radical (unpaired) electrons. The van der Waals surface area contributed by atoms with Crippen molar-refractivity contribution in [2.75, 3.05) is 19.7 Å². The summed E-state index contributed by atoms with van der Waals surface area (Å²) in [4.78, 5) is 11.9. The SMILES string of the molecule is CC(C)[C@@H](CO)NC(=O)c1cn(C2CNC2)nn1. The Bertz CT molecular complexity index is 413. The monoisotopic (exact) mass is 253 g/mol. The summed E-state index contributed by atoms with van der Waals surface area (Å²) in [6, 6.07) is 0.0332. The molecular formula is C11H19N5O2. The number of nitrogens with zero attached hydrogens (tertiary/aromatic N) is 3. The van der Waals surface area contributed by atoms with Crippen LogP contribution in [0.2, 0.25) is 0 Å². The molecule has 1 atom stereocenters. The lowest BCUT2D eigenvalue weighted by atomic mass is 10.1. The van der Waals surface area contributed by atoms with E-state index < -0.39 is 0 Å². The third-order valence-electron chi connectivity index (χ3n) is 3.19. The van der Waals surface area contributed by atoms with Gasteiger partial charge in [0.1, 0.15) is 0 Å². The molecule has 0 aromatic carbocycles. The molecule has 0 saturated carbocycles. The Hall–Kier alpha value is -1.47. The number of rotatable bonds is 5. The maximum atomic E-state index is 11.9. The summed E-state index contributed by atoms with van der Waals surface area (Å²) in [6.07, 6.45) is 1.65. The van der Waals surface area contributed by atoms with Gasteiger partial charge in [-0.15, -0.1) is 5.10 Å². The first kappa shape index (κ1) is 13.0. The molecule has 1 aromatic rings. The first-order chi connectivity index (χ1) is 8.61. The topological polar surface area (TPSA) is 92.1 Å². The van der Waals surface area contributed by atoms with Crippen LogP contribution >= 0.6 is 0 Å². The Kier molecular flexibility index (Phi) is 3.93. The molecule has 1 aromatic heterocycles. The van der Waals surface area contributed by atoms with Gasteiger partial charge >= 0.3 is 0 Å². The summed E-state index contributed by atoms with van der Waals surface area (Å²) in [5.41, 5.74) is 0.293. The maximum Gasteiger partial charge on any atom is 0.273 e. The zero-order valence-electron chi connectivity index (χ0n) is 10.6. The first-order valence-electron chi connectivity index (χ1n) is 6.16. The van der Waals surface area contributed by atoms with Crippen LogP contribution in [0.1, 0.15) is 30.4 Å². The minimum atomic E-state index is -0.290. The van der Waals surface area contributed by atoms with Crippen LogP contribution in [0.25, 0.3) is 0 Å². The van der Waals surface area contributed by atoms with Gasteiger partial charge in [-0.2, -0.15) is 0 Å². The average molecular weight is 253 g/mol. The van der Waals surface area contributed by atoms with Crippen molar-refractivity contribution >= 4 is 5.91 Å². The van der Waals surface area contributed by atoms with Gasteiger partial charge in [-0.1, -0.05) is 19.1 Å². The van der Waals surface area contributed by atoms with Crippen LogP contribution in [-0.4, -0.2) is 51.7 Å². The molecule has 1 fully saturated rings. The fourth-order valence-corrected chi connectivity index (χ4v) is 1.69. The molecule has 1 aliphatic heterocycles. The molecule has 0 spiro atoms. The van der Waals surface area contributed by atoms with Crippen molar-refractivity contribution in [3.05, 3.63) is 11.9 Å². The van der Waals surface area contributed by atoms with E-state index in [2.05, 4.69) is 20.9 Å². The number of carbonyl (C=O) groups is 1. The van der Waals surface area contributed by atoms with Crippen LogP contribution in [0.4, 0.5) is 0 Å². The fraction of sp³-hybridized carbons (Fsp3) is 0.727. The van der Waals surface area contributed by atoms with Crippen molar-refractivity contribution in [1.29, 1.82) is 0 Å². The molecule has 18 heavy (non-hydrogen) atoms. The Labute approximate surface area is 106 Å². The normalized spacial score (nSPS) is 17.6. The molecule has 7 nitrogen and oxygen atoms in total. The van der Waals surface area contributed by atoms with Crippen molar-refractivity contribution in [2.24, 2.45) is 5.92 Å². The minimum absolute atomic E-state index is 0.0793. The summed E-state index contributed by atoms with van der Waals surface area (Å²) in [6.45, 7) is 5.52. The first-order valence-corrected chi connectivity index (χ1v) is 6.16. The van der Waals surface area contributed by atoms with Crippen molar-refractivity contribution in [2.45, 2.75) is 25.9 Å². The molecule has 2 heterocycles. The van der Waals surface area contributed by atoms with Crippen molar-refractivity contribution in [3.8, 4) is 0 Å². The van der Waals surface area contributed by atoms with E-state index in [1.807, 2.05) is 13.8 Å². The second-order valence-corrected chi connectivity index (χ2v) is 4.90. The second kappa shape index (κ2) is 5.45. The second-order valence-electron chi connectivity index (χ2n) is 4.90. The van der Waals surface area contributed by atoms with Gasteiger partial charge in [-0.25, -0.2) is 4.68 Å². The van der Waals surface area contributed by atoms with Crippen LogP contribution in [0.3, 0.4) is 0 Å². The van der Waals surface area contributed by atoms with Crippen LogP contribution in [0.15, 0.2) is 6.20 Å². The number of amides is 1. The number of hydrogen-bond donors (Lipinski definition) is 3. The van der Waals surface area contributed by atoms with E-state index in [1.54, 1.807) is 10.9 Å². The van der Waals surface area contributed by atoms with Gasteiger partial charge in [0, 0.05) is 13.1 Å². The summed E-state index contributed by atoms with van der Waals surface area (Å²) >= 11 is 0. The Morgan fingerprint density at radius 3 is 2.89 bits per heavy atom. The molecule has 3 N–H and O–H groups in total. The standard InChI is InChI=1S/C11H19N5O2/c1-7(2)10(6-17)13-11(18)9-5-16(15-14-9)8-3-12-4-8/h5,7-8,10,12,17H,3-4,6H2,1-2H3,(H,13,18)/t10-/m1/s1. The van der Waals surface area contributed by atoms with Crippen LogP contribution in [0.5, 0.6) is 0 Å². The van der Waals surface area contributed by atoms with E-state index in [0.29, 0.717) is 5.69 Å². The van der Waals surface area contributed by atoms with E-state index in [4.69, 9.17) is 5.11 Å². The minimum Gasteiger partial charge on any atom is -0.394 e. The largest absolute Gasteiger partial charge is 0.394 e. The van der Waals surface area contributed by atoms with Gasteiger partial charge < -0.3 is 15.7 Å². The van der Waals surface area contributed by atoms with E-state index in [-0.39, 0.29) is 30.5 Å². The number of aromatic nitrogens is 3. The summed E-state index contributed by atoms with van der Waals surface area (Å²) < 4.78 is 1.70. The lowest BCUT2D eigenvalue weighted by Gasteiger charge is -2.26. The average Bonchev–Trinajstić information content (AvgIpc) is 2.71. The van der Waals surface area contributed by atoms with Crippen molar-refractivity contribution < 1.29 is 9.90 Å². The molecule has 100 valence electrons. The Morgan fingerprint density at radius 2 is 2.39 bits per heavy atom. The number of carbonyl (C=O) groups excluding carboxylic acids is 1. The summed E-state index contributed by atoms with van der Waals surface area (Å²) in [5.74, 6) is -0.119. The quantitative estimate of drug-likeness (QED) is 0.637. The molecule has 1 amide bonds. The van der Waals surface area contributed by atoms with E-state index >= 15 is 0 Å². The smallest absolute Gasteiger partial charge is 0.273 e. The molecule has 0 aliphatic carbocycles. The summed E-state index contributed by atoms with van der Waals surface area (Å²) in [7, 11) is 0. The van der Waals surface area contributed by atoms with Gasteiger partial charge in [0.15, 0.2) is 5.69 Å². The highest BCUT2D eigenvalue weighted by molar-refractivity contribution is 5.92. The highest BCUT2D eigenvalue weighted by Crippen LogP contribution is 2.10. The predicted octanol–water partition coefficient (Wildman–Crippen LogP) is -0.831. The van der Waals surface area contributed by atoms with Crippen LogP contribution in [-0.2, 0) is 0 Å². The third kappa shape index (κ3) is 2.68. The van der Waals surface area contributed by atoms with Crippen molar-refractivity contribution in [1.82, 2.24) is 25.6 Å². The van der Waals surface area contributed by atoms with E-state index in [0.717, 1.165) is 13.1 Å². The lowest BCUT2D eigenvalue weighted by molar-refractivity contribution is 0.0891. The highest BCUT2D eigenvalue weighted by atomic mass is 16.3. The number of aliphatic hydroxyl groups is 1. The number of hydrogen-bond acceptors (Lipinski definition) is 5. The molecule has 0 unspecified atom stereocenters. The van der Waals surface area contributed by atoms with Gasteiger partial charge in [-0.3, -0.25) is 4.79 Å². The van der Waals surface area contributed by atoms with Gasteiger partial charge in [0.05, 0.1) is 24.9 Å². The molecule has 2 rings (SSSR count). The molecule has 0 bridgehead atoms. The summed E-state index contributed by atoms with van der Waals surface area (Å²) in [5, 5.41) is 22.8. The van der Waals surface area contributed by atoms with Crippen LogP contribution in [0, 0.1) is 5.92 Å². The van der Waals surface area contributed by atoms with E-state index in [9.17, 15) is 4.79 Å². The molecule has 1 saturated heterocycles. The zero-order chi connectivity index (χ0) is 13.1.